The lowest BCUT2D eigenvalue weighted by Gasteiger charge is -2.22. The molecule has 1 aromatic carbocycles. The molecule has 2 rings (SSSR count). The second-order valence-electron chi connectivity index (χ2n) is 5.13. The summed E-state index contributed by atoms with van der Waals surface area (Å²) in [7, 11) is 0. The van der Waals surface area contributed by atoms with Crippen LogP contribution >= 0.6 is 11.8 Å². The zero-order chi connectivity index (χ0) is 15.2. The maximum Gasteiger partial charge on any atom is 0.328 e. The number of aliphatic carboxylic acids is 1. The summed E-state index contributed by atoms with van der Waals surface area (Å²) in [5.74, 6) is 1.04. The zero-order valence-electron chi connectivity index (χ0n) is 12.0. The fourth-order valence-corrected chi connectivity index (χ4v) is 3.32. The van der Waals surface area contributed by atoms with Gasteiger partial charge in [-0.15, -0.1) is 0 Å². The quantitative estimate of drug-likeness (QED) is 0.839. The summed E-state index contributed by atoms with van der Waals surface area (Å²) in [4.78, 5) is 22.9. The number of thioether (sulfide) groups is 1. The second kappa shape index (κ2) is 7.31. The van der Waals surface area contributed by atoms with Crippen LogP contribution in [0, 0.1) is 6.92 Å². The summed E-state index contributed by atoms with van der Waals surface area (Å²) < 4.78 is 0. The van der Waals surface area contributed by atoms with Crippen molar-refractivity contribution >= 4 is 29.7 Å². The molecule has 0 aliphatic carbocycles. The van der Waals surface area contributed by atoms with Crippen molar-refractivity contribution in [3.63, 3.8) is 0 Å². The van der Waals surface area contributed by atoms with Crippen LogP contribution in [0.25, 0.3) is 6.08 Å². The monoisotopic (exact) mass is 305 g/mol. The molecule has 2 N–H and O–H groups in total. The predicted octanol–water partition coefficient (Wildman–Crippen LogP) is 2.72. The molecule has 5 heteroatoms. The lowest BCUT2D eigenvalue weighted by atomic mass is 10.0. The summed E-state index contributed by atoms with van der Waals surface area (Å²) in [6, 6.07) is 5.58. The average Bonchev–Trinajstić information content (AvgIpc) is 2.47. The minimum atomic E-state index is -0.997. The van der Waals surface area contributed by atoms with E-state index in [0.717, 1.165) is 35.8 Å². The predicted molar refractivity (Wildman–Crippen MR) is 85.7 cm³/mol. The Labute approximate surface area is 128 Å². The molecule has 0 radical (unpaired) electrons. The van der Waals surface area contributed by atoms with Gasteiger partial charge in [0.1, 0.15) is 0 Å². The van der Waals surface area contributed by atoms with Crippen molar-refractivity contribution in [2.24, 2.45) is 0 Å². The van der Waals surface area contributed by atoms with Gasteiger partial charge in [-0.2, -0.15) is 11.8 Å². The van der Waals surface area contributed by atoms with Crippen LogP contribution in [0.4, 0.5) is 0 Å². The van der Waals surface area contributed by atoms with Crippen LogP contribution in [0.2, 0.25) is 0 Å². The van der Waals surface area contributed by atoms with Crippen molar-refractivity contribution in [2.75, 3.05) is 11.5 Å². The van der Waals surface area contributed by atoms with Gasteiger partial charge in [-0.25, -0.2) is 4.79 Å². The number of carbonyl (C=O) groups excluding carboxylic acids is 1. The van der Waals surface area contributed by atoms with Crippen LogP contribution in [0.3, 0.4) is 0 Å². The van der Waals surface area contributed by atoms with E-state index in [-0.39, 0.29) is 11.9 Å². The Hall–Kier alpha value is -1.75. The highest BCUT2D eigenvalue weighted by Crippen LogP contribution is 2.18. The number of hydrogen-bond acceptors (Lipinski definition) is 3. The van der Waals surface area contributed by atoms with Crippen molar-refractivity contribution in [1.82, 2.24) is 5.32 Å². The molecule has 0 saturated carbocycles. The molecule has 1 amide bonds. The van der Waals surface area contributed by atoms with Gasteiger partial charge in [0.2, 0.25) is 0 Å². The molecule has 1 heterocycles. The highest BCUT2D eigenvalue weighted by molar-refractivity contribution is 7.99. The molecule has 112 valence electrons. The summed E-state index contributed by atoms with van der Waals surface area (Å²) in [5, 5.41) is 11.7. The summed E-state index contributed by atoms with van der Waals surface area (Å²) in [6.07, 6.45) is 4.76. The zero-order valence-corrected chi connectivity index (χ0v) is 12.8. The normalized spacial score (nSPS) is 18.6. The van der Waals surface area contributed by atoms with Crippen LogP contribution in [0.1, 0.15) is 34.3 Å². The van der Waals surface area contributed by atoms with Crippen LogP contribution in [-0.2, 0) is 4.79 Å². The van der Waals surface area contributed by atoms with Crippen LogP contribution in [0.15, 0.2) is 24.3 Å². The van der Waals surface area contributed by atoms with Crippen molar-refractivity contribution in [2.45, 2.75) is 25.8 Å². The average molecular weight is 305 g/mol. The van der Waals surface area contributed by atoms with Crippen molar-refractivity contribution < 1.29 is 14.7 Å². The highest BCUT2D eigenvalue weighted by Gasteiger charge is 2.17. The van der Waals surface area contributed by atoms with E-state index in [2.05, 4.69) is 5.32 Å². The molecule has 0 aromatic heterocycles. The molecular weight excluding hydrogens is 286 g/mol. The molecular formula is C16H19NO3S. The maximum atomic E-state index is 12.3. The van der Waals surface area contributed by atoms with Crippen LogP contribution in [-0.4, -0.2) is 34.5 Å². The number of nitrogens with one attached hydrogen (secondary N) is 1. The van der Waals surface area contributed by atoms with Gasteiger partial charge in [0, 0.05) is 23.4 Å². The van der Waals surface area contributed by atoms with Gasteiger partial charge < -0.3 is 10.4 Å². The SMILES string of the molecule is Cc1ccc(C(=O)NC2CCCSC2)cc1/C=C/C(=O)O. The third-order valence-electron chi connectivity index (χ3n) is 3.44. The maximum absolute atomic E-state index is 12.3. The van der Waals surface area contributed by atoms with Crippen LogP contribution in [0.5, 0.6) is 0 Å². The van der Waals surface area contributed by atoms with Gasteiger partial charge in [-0.3, -0.25) is 4.79 Å². The lowest BCUT2D eigenvalue weighted by Crippen LogP contribution is -2.38. The lowest BCUT2D eigenvalue weighted by molar-refractivity contribution is -0.131. The molecule has 1 aliphatic heterocycles. The minimum Gasteiger partial charge on any atom is -0.478 e. The van der Waals surface area contributed by atoms with E-state index in [9.17, 15) is 9.59 Å². The van der Waals surface area contributed by atoms with E-state index in [1.54, 1.807) is 12.1 Å². The number of benzene rings is 1. The van der Waals surface area contributed by atoms with E-state index in [0.29, 0.717) is 5.56 Å². The smallest absolute Gasteiger partial charge is 0.328 e. The number of amides is 1. The Balaban J connectivity index is 2.10. The van der Waals surface area contributed by atoms with Gasteiger partial charge in [0.05, 0.1) is 0 Å². The van der Waals surface area contributed by atoms with Gasteiger partial charge in [0.25, 0.3) is 5.91 Å². The standard InChI is InChI=1S/C16H19NO3S/c1-11-4-5-13(9-12(11)6-7-15(18)19)16(20)17-14-3-2-8-21-10-14/h4-7,9,14H,2-3,8,10H2,1H3,(H,17,20)(H,18,19)/b7-6+. The van der Waals surface area contributed by atoms with Crippen molar-refractivity contribution in [3.05, 3.63) is 41.0 Å². The van der Waals surface area contributed by atoms with Crippen molar-refractivity contribution in [3.8, 4) is 0 Å². The third-order valence-corrected chi connectivity index (χ3v) is 4.66. The number of hydrogen-bond donors (Lipinski definition) is 2. The summed E-state index contributed by atoms with van der Waals surface area (Å²) in [6.45, 7) is 1.89. The minimum absolute atomic E-state index is 0.0903. The molecule has 1 atom stereocenters. The topological polar surface area (TPSA) is 66.4 Å². The van der Waals surface area contributed by atoms with E-state index >= 15 is 0 Å². The van der Waals surface area contributed by atoms with Gasteiger partial charge in [0.15, 0.2) is 0 Å². The van der Waals surface area contributed by atoms with E-state index in [1.807, 2.05) is 24.8 Å². The van der Waals surface area contributed by atoms with Crippen molar-refractivity contribution in [1.29, 1.82) is 0 Å². The highest BCUT2D eigenvalue weighted by atomic mass is 32.2. The Bertz CT molecular complexity index is 563. The Morgan fingerprint density at radius 3 is 2.90 bits per heavy atom. The number of carboxylic acid groups (broad SMARTS) is 1. The molecule has 1 aliphatic rings. The molecule has 1 unspecified atom stereocenters. The number of carbonyl (C=O) groups is 2. The first-order valence-corrected chi connectivity index (χ1v) is 8.12. The fourth-order valence-electron chi connectivity index (χ4n) is 2.25. The second-order valence-corrected chi connectivity index (χ2v) is 6.28. The van der Waals surface area contributed by atoms with Gasteiger partial charge >= 0.3 is 5.97 Å². The fraction of sp³-hybridized carbons (Fsp3) is 0.375. The molecule has 1 fully saturated rings. The van der Waals surface area contributed by atoms with Gasteiger partial charge in [-0.1, -0.05) is 6.07 Å². The summed E-state index contributed by atoms with van der Waals surface area (Å²) in [5.41, 5.74) is 2.27. The number of rotatable bonds is 4. The first kappa shape index (κ1) is 15.6. The van der Waals surface area contributed by atoms with E-state index in [1.165, 1.54) is 11.8 Å². The number of carboxylic acids is 1. The molecule has 1 saturated heterocycles. The first-order valence-electron chi connectivity index (χ1n) is 6.96. The Kier molecular flexibility index (Phi) is 5.44. The van der Waals surface area contributed by atoms with Crippen LogP contribution < -0.4 is 5.32 Å². The molecule has 0 bridgehead atoms. The molecule has 0 spiro atoms. The molecule has 4 nitrogen and oxygen atoms in total. The van der Waals surface area contributed by atoms with Gasteiger partial charge in [-0.05, 0) is 54.9 Å². The van der Waals surface area contributed by atoms with E-state index < -0.39 is 5.97 Å². The molecule has 1 aromatic rings. The third kappa shape index (κ3) is 4.63. The Morgan fingerprint density at radius 2 is 2.24 bits per heavy atom. The van der Waals surface area contributed by atoms with E-state index in [4.69, 9.17) is 5.11 Å². The number of aryl methyl sites for hydroxylation is 1. The molecule has 21 heavy (non-hydrogen) atoms. The largest absolute Gasteiger partial charge is 0.478 e. The Morgan fingerprint density at radius 1 is 1.43 bits per heavy atom. The first-order chi connectivity index (χ1) is 10.1. The summed E-state index contributed by atoms with van der Waals surface area (Å²) >= 11 is 1.87.